The number of ether oxygens (including phenoxy) is 2. The molecule has 0 saturated carbocycles. The van der Waals surface area contributed by atoms with Crippen LogP contribution in [0, 0.1) is 5.82 Å². The summed E-state index contributed by atoms with van der Waals surface area (Å²) in [5, 5.41) is 2.58. The smallest absolute Gasteiger partial charge is 0.267 e. The zero-order valence-corrected chi connectivity index (χ0v) is 16.9. The van der Waals surface area contributed by atoms with Gasteiger partial charge in [0.15, 0.2) is 0 Å². The fourth-order valence-electron chi connectivity index (χ4n) is 3.52. The third-order valence-corrected chi connectivity index (χ3v) is 5.10. The summed E-state index contributed by atoms with van der Waals surface area (Å²) < 4.78 is 25.2. The predicted molar refractivity (Wildman–Crippen MR) is 106 cm³/mol. The Balaban J connectivity index is 1.93. The minimum atomic E-state index is -0.884. The molecule has 29 heavy (non-hydrogen) atoms. The Hall–Kier alpha value is -2.71. The molecule has 154 valence electrons. The lowest BCUT2D eigenvalue weighted by atomic mass is 9.87. The lowest BCUT2D eigenvalue weighted by molar-refractivity contribution is -0.130. The molecule has 1 aromatic heterocycles. The molecule has 7 nitrogen and oxygen atoms in total. The van der Waals surface area contributed by atoms with Crippen molar-refractivity contribution < 1.29 is 23.5 Å². The molecule has 1 aliphatic heterocycles. The number of nitrogens with zero attached hydrogens (tertiary/aromatic N) is 1. The molecule has 1 saturated heterocycles. The second kappa shape index (κ2) is 7.96. The minimum Gasteiger partial charge on any atom is -0.495 e. The Bertz CT molecular complexity index is 967. The van der Waals surface area contributed by atoms with Crippen LogP contribution < -0.4 is 15.8 Å². The van der Waals surface area contributed by atoms with Crippen LogP contribution in [-0.2, 0) is 9.53 Å². The Morgan fingerprint density at radius 1 is 1.38 bits per heavy atom. The molecule has 3 N–H and O–H groups in total. The van der Waals surface area contributed by atoms with Crippen LogP contribution in [0.3, 0.4) is 0 Å². The first-order valence-electron chi connectivity index (χ1n) is 8.89. The molecule has 9 heteroatoms. The summed E-state index contributed by atoms with van der Waals surface area (Å²) >= 11 is 6.06. The fraction of sp³-hybridized carbons (Fsp3) is 0.350. The number of pyridine rings is 1. The van der Waals surface area contributed by atoms with Crippen LogP contribution in [0.4, 0.5) is 10.1 Å². The summed E-state index contributed by atoms with van der Waals surface area (Å²) in [5.74, 6) is -1.99. The van der Waals surface area contributed by atoms with Crippen LogP contribution in [0.5, 0.6) is 5.75 Å². The standard InChI is InChI=1S/C20H21ClFN3O4/c1-20(2)9-12(11-4-5-13(22)15(21)16(11)28-3)17(29-20)19(27)25-10-6-7-24-14(8-10)18(23)26/h4-8,12,17H,9H2,1-3H3,(H2,23,26)(H,24,25,27)/t12-,17-/m1/s1. The zero-order chi connectivity index (χ0) is 21.3. The number of carbonyl (C=O) groups is 2. The first kappa shape index (κ1) is 21.0. The first-order valence-corrected chi connectivity index (χ1v) is 9.27. The normalized spacial score (nSPS) is 20.3. The summed E-state index contributed by atoms with van der Waals surface area (Å²) in [7, 11) is 1.39. The zero-order valence-electron chi connectivity index (χ0n) is 16.2. The minimum absolute atomic E-state index is 0.0269. The van der Waals surface area contributed by atoms with Gasteiger partial charge in [-0.25, -0.2) is 4.39 Å². The molecule has 2 heterocycles. The molecule has 0 aliphatic carbocycles. The Kier molecular flexibility index (Phi) is 5.77. The SMILES string of the molecule is COc1c([C@H]2CC(C)(C)O[C@H]2C(=O)Nc2ccnc(C(N)=O)c2)ccc(F)c1Cl. The van der Waals surface area contributed by atoms with Gasteiger partial charge >= 0.3 is 0 Å². The topological polar surface area (TPSA) is 104 Å². The van der Waals surface area contributed by atoms with Crippen LogP contribution in [0.1, 0.15) is 42.2 Å². The summed E-state index contributed by atoms with van der Waals surface area (Å²) in [5.41, 5.74) is 5.59. The molecule has 0 bridgehead atoms. The van der Waals surface area contributed by atoms with Crippen LogP contribution >= 0.6 is 11.6 Å². The van der Waals surface area contributed by atoms with Crippen LogP contribution in [0.25, 0.3) is 0 Å². The van der Waals surface area contributed by atoms with E-state index in [1.165, 1.54) is 31.5 Å². The molecule has 1 aromatic carbocycles. The van der Waals surface area contributed by atoms with Crippen LogP contribution in [-0.4, -0.2) is 35.6 Å². The number of methoxy groups -OCH3 is 1. The van der Waals surface area contributed by atoms with Gasteiger partial charge in [-0.05, 0) is 38.5 Å². The van der Waals surface area contributed by atoms with E-state index in [2.05, 4.69) is 10.3 Å². The Labute approximate surface area is 172 Å². The van der Waals surface area contributed by atoms with Crippen LogP contribution in [0.15, 0.2) is 30.5 Å². The second-order valence-electron chi connectivity index (χ2n) is 7.38. The number of anilines is 1. The predicted octanol–water partition coefficient (Wildman–Crippen LogP) is 3.27. The highest BCUT2D eigenvalue weighted by Crippen LogP contribution is 2.46. The number of primary amides is 1. The molecule has 2 amide bonds. The summed E-state index contributed by atoms with van der Waals surface area (Å²) in [6.07, 6.45) is 0.979. The van der Waals surface area contributed by atoms with E-state index in [4.69, 9.17) is 26.8 Å². The molecular weight excluding hydrogens is 401 g/mol. The van der Waals surface area contributed by atoms with Crippen molar-refractivity contribution in [1.82, 2.24) is 4.98 Å². The number of rotatable bonds is 5. The maximum absolute atomic E-state index is 13.9. The molecule has 2 aromatic rings. The van der Waals surface area contributed by atoms with E-state index in [0.717, 1.165) is 0 Å². The molecule has 0 unspecified atom stereocenters. The summed E-state index contributed by atoms with van der Waals surface area (Å²) in [6, 6.07) is 5.70. The van der Waals surface area contributed by atoms with Gasteiger partial charge in [-0.3, -0.25) is 14.6 Å². The number of hydrogen-bond acceptors (Lipinski definition) is 5. The van der Waals surface area contributed by atoms with Crippen LogP contribution in [0.2, 0.25) is 5.02 Å². The van der Waals surface area contributed by atoms with Gasteiger partial charge in [-0.15, -0.1) is 0 Å². The number of carbonyl (C=O) groups excluding carboxylic acids is 2. The number of benzene rings is 1. The van der Waals surface area contributed by atoms with Gasteiger partial charge in [-0.1, -0.05) is 17.7 Å². The van der Waals surface area contributed by atoms with E-state index >= 15 is 0 Å². The van der Waals surface area contributed by atoms with Crippen molar-refractivity contribution >= 4 is 29.1 Å². The van der Waals surface area contributed by atoms with E-state index in [1.54, 1.807) is 6.07 Å². The van der Waals surface area contributed by atoms with Gasteiger partial charge in [0.1, 0.15) is 28.4 Å². The monoisotopic (exact) mass is 421 g/mol. The van der Waals surface area contributed by atoms with Crippen molar-refractivity contribution in [3.63, 3.8) is 0 Å². The number of nitrogens with two attached hydrogens (primary N) is 1. The quantitative estimate of drug-likeness (QED) is 0.771. The Morgan fingerprint density at radius 2 is 2.10 bits per heavy atom. The number of aromatic nitrogens is 1. The highest BCUT2D eigenvalue weighted by Gasteiger charge is 2.46. The van der Waals surface area contributed by atoms with Crippen molar-refractivity contribution in [2.75, 3.05) is 12.4 Å². The van der Waals surface area contributed by atoms with Gasteiger partial charge in [0.05, 0.1) is 12.7 Å². The summed E-state index contributed by atoms with van der Waals surface area (Å²) in [4.78, 5) is 28.2. The molecule has 0 radical (unpaired) electrons. The van der Waals surface area contributed by atoms with E-state index < -0.39 is 35.3 Å². The van der Waals surface area contributed by atoms with Crippen molar-refractivity contribution in [2.45, 2.75) is 37.9 Å². The molecule has 2 atom stereocenters. The van der Waals surface area contributed by atoms with Gasteiger partial charge in [0, 0.05) is 23.4 Å². The largest absolute Gasteiger partial charge is 0.495 e. The number of halogens is 2. The lowest BCUT2D eigenvalue weighted by Gasteiger charge is -2.21. The van der Waals surface area contributed by atoms with Crippen molar-refractivity contribution in [1.29, 1.82) is 0 Å². The fourth-order valence-corrected chi connectivity index (χ4v) is 3.77. The lowest BCUT2D eigenvalue weighted by Crippen LogP contribution is -2.33. The maximum Gasteiger partial charge on any atom is 0.267 e. The van der Waals surface area contributed by atoms with Crippen molar-refractivity contribution in [3.8, 4) is 5.75 Å². The third kappa shape index (κ3) is 4.33. The van der Waals surface area contributed by atoms with E-state index in [9.17, 15) is 14.0 Å². The van der Waals surface area contributed by atoms with Gasteiger partial charge in [-0.2, -0.15) is 0 Å². The molecule has 1 fully saturated rings. The van der Waals surface area contributed by atoms with Crippen molar-refractivity contribution in [2.24, 2.45) is 5.73 Å². The van der Waals surface area contributed by atoms with Gasteiger partial charge in [0.25, 0.3) is 11.8 Å². The third-order valence-electron chi connectivity index (χ3n) is 4.75. The molecular formula is C20H21ClFN3O4. The average Bonchev–Trinajstić information content (AvgIpc) is 2.99. The molecule has 3 rings (SSSR count). The van der Waals surface area contributed by atoms with Crippen molar-refractivity contribution in [3.05, 3.63) is 52.6 Å². The second-order valence-corrected chi connectivity index (χ2v) is 7.75. The van der Waals surface area contributed by atoms with Gasteiger partial charge in [0.2, 0.25) is 0 Å². The first-order chi connectivity index (χ1) is 13.6. The number of nitrogens with one attached hydrogen (secondary N) is 1. The average molecular weight is 422 g/mol. The highest BCUT2D eigenvalue weighted by atomic mass is 35.5. The van der Waals surface area contributed by atoms with E-state index in [0.29, 0.717) is 17.7 Å². The number of hydrogen-bond donors (Lipinski definition) is 2. The van der Waals surface area contributed by atoms with Gasteiger partial charge < -0.3 is 20.5 Å². The van der Waals surface area contributed by atoms with E-state index in [-0.39, 0.29) is 16.5 Å². The maximum atomic E-state index is 13.9. The van der Waals surface area contributed by atoms with E-state index in [1.807, 2.05) is 13.8 Å². The highest BCUT2D eigenvalue weighted by molar-refractivity contribution is 6.32. The Morgan fingerprint density at radius 3 is 2.76 bits per heavy atom. The number of amides is 2. The summed E-state index contributed by atoms with van der Waals surface area (Å²) in [6.45, 7) is 3.73. The molecule has 1 aliphatic rings. The molecule has 0 spiro atoms.